The highest BCUT2D eigenvalue weighted by Gasteiger charge is 2.25. The molecule has 1 saturated heterocycles. The summed E-state index contributed by atoms with van der Waals surface area (Å²) >= 11 is 6.07. The molecule has 2 heterocycles. The van der Waals surface area contributed by atoms with Crippen LogP contribution in [0.5, 0.6) is 0 Å². The molecule has 0 unspecified atom stereocenters. The Hall–Kier alpha value is -2.08. The molecular formula is C17H21ClN4O2. The van der Waals surface area contributed by atoms with Gasteiger partial charge in [-0.1, -0.05) is 11.6 Å². The Bertz CT molecular complexity index is 751. The molecule has 0 spiro atoms. The summed E-state index contributed by atoms with van der Waals surface area (Å²) in [5, 5.41) is 9.33. The fraction of sp³-hybridized carbons (Fsp3) is 0.471. The van der Waals surface area contributed by atoms with Crippen LogP contribution in [-0.4, -0.2) is 39.9 Å². The van der Waals surface area contributed by atoms with E-state index in [1.807, 2.05) is 32.0 Å². The van der Waals surface area contributed by atoms with Gasteiger partial charge in [0.2, 0.25) is 5.95 Å². The van der Waals surface area contributed by atoms with Gasteiger partial charge in [-0.05, 0) is 37.6 Å². The Kier molecular flexibility index (Phi) is 4.76. The summed E-state index contributed by atoms with van der Waals surface area (Å²) < 4.78 is 7.36. The molecular weight excluding hydrogens is 328 g/mol. The smallest absolute Gasteiger partial charge is 0.302 e. The minimum Gasteiger partial charge on any atom is -0.462 e. The van der Waals surface area contributed by atoms with Gasteiger partial charge in [-0.25, -0.2) is 0 Å². The summed E-state index contributed by atoms with van der Waals surface area (Å²) in [5.41, 5.74) is 2.10. The number of hydrogen-bond acceptors (Lipinski definition) is 5. The van der Waals surface area contributed by atoms with Crippen LogP contribution in [0.25, 0.3) is 5.69 Å². The highest BCUT2D eigenvalue weighted by atomic mass is 35.5. The quantitative estimate of drug-likeness (QED) is 0.798. The van der Waals surface area contributed by atoms with E-state index in [0.29, 0.717) is 5.02 Å². The van der Waals surface area contributed by atoms with E-state index >= 15 is 0 Å². The minimum absolute atomic E-state index is 0.00603. The zero-order valence-electron chi connectivity index (χ0n) is 14.1. The maximum Gasteiger partial charge on any atom is 0.302 e. The number of carbonyl (C=O) groups is 1. The number of ether oxygens (including phenoxy) is 1. The third kappa shape index (κ3) is 3.38. The van der Waals surface area contributed by atoms with E-state index in [0.717, 1.165) is 49.0 Å². The normalized spacial score (nSPS) is 15.6. The highest BCUT2D eigenvalue weighted by molar-refractivity contribution is 6.30. The van der Waals surface area contributed by atoms with Gasteiger partial charge in [-0.3, -0.25) is 9.36 Å². The summed E-state index contributed by atoms with van der Waals surface area (Å²) in [6.45, 7) is 6.98. The van der Waals surface area contributed by atoms with Crippen LogP contribution in [0.1, 0.15) is 31.2 Å². The molecule has 1 aliphatic rings. The van der Waals surface area contributed by atoms with Crippen LogP contribution in [0.15, 0.2) is 18.2 Å². The second-order valence-electron chi connectivity index (χ2n) is 6.11. The number of nitrogens with zero attached hydrogens (tertiary/aromatic N) is 4. The van der Waals surface area contributed by atoms with Gasteiger partial charge >= 0.3 is 5.97 Å². The number of rotatable bonds is 3. The third-order valence-corrected chi connectivity index (χ3v) is 4.50. The molecule has 2 aromatic rings. The van der Waals surface area contributed by atoms with Crippen molar-refractivity contribution in [2.45, 2.75) is 39.7 Å². The Morgan fingerprint density at radius 3 is 2.58 bits per heavy atom. The fourth-order valence-electron chi connectivity index (χ4n) is 3.12. The predicted octanol–water partition coefficient (Wildman–Crippen LogP) is 3.07. The Balaban J connectivity index is 1.85. The van der Waals surface area contributed by atoms with Gasteiger partial charge in [0.1, 0.15) is 11.9 Å². The molecule has 0 atom stereocenters. The van der Waals surface area contributed by atoms with Gasteiger partial charge in [-0.2, -0.15) is 0 Å². The van der Waals surface area contributed by atoms with E-state index in [9.17, 15) is 4.79 Å². The van der Waals surface area contributed by atoms with Crippen molar-refractivity contribution in [3.8, 4) is 5.69 Å². The first-order valence-electron chi connectivity index (χ1n) is 8.06. The number of hydrogen-bond donors (Lipinski definition) is 0. The Morgan fingerprint density at radius 2 is 1.96 bits per heavy atom. The van der Waals surface area contributed by atoms with Crippen LogP contribution in [-0.2, 0) is 9.53 Å². The maximum absolute atomic E-state index is 11.1. The van der Waals surface area contributed by atoms with Gasteiger partial charge in [0.05, 0.1) is 5.69 Å². The van der Waals surface area contributed by atoms with E-state index in [-0.39, 0.29) is 12.1 Å². The molecule has 0 aliphatic carbocycles. The molecule has 7 heteroatoms. The molecule has 6 nitrogen and oxygen atoms in total. The lowest BCUT2D eigenvalue weighted by atomic mass is 10.1. The summed E-state index contributed by atoms with van der Waals surface area (Å²) in [5.74, 6) is 1.43. The van der Waals surface area contributed by atoms with Crippen LogP contribution in [0.2, 0.25) is 5.02 Å². The van der Waals surface area contributed by atoms with Gasteiger partial charge in [0.25, 0.3) is 0 Å². The fourth-order valence-corrected chi connectivity index (χ4v) is 3.34. The second kappa shape index (κ2) is 6.81. The number of aromatic nitrogens is 3. The number of benzene rings is 1. The van der Waals surface area contributed by atoms with Crippen molar-refractivity contribution < 1.29 is 9.53 Å². The SMILES string of the molecule is CC(=O)OC1CCN(c2nnc(C)n2-c2ccc(Cl)cc2C)CC1. The molecule has 0 bridgehead atoms. The summed E-state index contributed by atoms with van der Waals surface area (Å²) in [6, 6.07) is 5.80. The van der Waals surface area contributed by atoms with Crippen molar-refractivity contribution in [2.24, 2.45) is 0 Å². The average molecular weight is 349 g/mol. The maximum atomic E-state index is 11.1. The number of aryl methyl sites for hydroxylation is 2. The monoisotopic (exact) mass is 348 g/mol. The zero-order valence-corrected chi connectivity index (χ0v) is 14.9. The molecule has 3 rings (SSSR count). The van der Waals surface area contributed by atoms with Crippen LogP contribution in [0.4, 0.5) is 5.95 Å². The van der Waals surface area contributed by atoms with Crippen LogP contribution < -0.4 is 4.90 Å². The number of esters is 1. The number of halogens is 1. The summed E-state index contributed by atoms with van der Waals surface area (Å²) in [7, 11) is 0. The molecule has 0 radical (unpaired) electrons. The molecule has 1 aromatic heterocycles. The first kappa shape index (κ1) is 16.8. The largest absolute Gasteiger partial charge is 0.462 e. The average Bonchev–Trinajstić information content (AvgIpc) is 2.89. The number of anilines is 1. The van der Waals surface area contributed by atoms with E-state index < -0.39 is 0 Å². The van der Waals surface area contributed by atoms with Gasteiger partial charge in [-0.15, -0.1) is 10.2 Å². The zero-order chi connectivity index (χ0) is 17.3. The summed E-state index contributed by atoms with van der Waals surface area (Å²) in [6.07, 6.45) is 1.59. The molecule has 128 valence electrons. The predicted molar refractivity (Wildman–Crippen MR) is 92.8 cm³/mol. The molecule has 1 aliphatic heterocycles. The number of piperidine rings is 1. The molecule has 0 amide bonds. The van der Waals surface area contributed by atoms with Crippen molar-refractivity contribution in [2.75, 3.05) is 18.0 Å². The van der Waals surface area contributed by atoms with Gasteiger partial charge in [0.15, 0.2) is 0 Å². The van der Waals surface area contributed by atoms with Crippen molar-refractivity contribution in [3.63, 3.8) is 0 Å². The van der Waals surface area contributed by atoms with Crippen molar-refractivity contribution >= 4 is 23.5 Å². The standard InChI is InChI=1S/C17H21ClN4O2/c1-11-10-14(18)4-5-16(11)22-12(2)19-20-17(22)21-8-6-15(7-9-21)24-13(3)23/h4-5,10,15H,6-9H2,1-3H3. The first-order valence-corrected chi connectivity index (χ1v) is 8.44. The van der Waals surface area contributed by atoms with Crippen molar-refractivity contribution in [1.82, 2.24) is 14.8 Å². The van der Waals surface area contributed by atoms with Crippen LogP contribution in [0.3, 0.4) is 0 Å². The summed E-state index contributed by atoms with van der Waals surface area (Å²) in [4.78, 5) is 13.3. The van der Waals surface area contributed by atoms with E-state index in [2.05, 4.69) is 19.7 Å². The molecule has 1 fully saturated rings. The van der Waals surface area contributed by atoms with Crippen molar-refractivity contribution in [1.29, 1.82) is 0 Å². The van der Waals surface area contributed by atoms with E-state index in [4.69, 9.17) is 16.3 Å². The third-order valence-electron chi connectivity index (χ3n) is 4.26. The van der Waals surface area contributed by atoms with Crippen LogP contribution >= 0.6 is 11.6 Å². The Labute approximate surface area is 146 Å². The highest BCUT2D eigenvalue weighted by Crippen LogP contribution is 2.27. The van der Waals surface area contributed by atoms with Crippen LogP contribution in [0, 0.1) is 13.8 Å². The second-order valence-corrected chi connectivity index (χ2v) is 6.55. The number of carbonyl (C=O) groups excluding carboxylic acids is 1. The molecule has 0 N–H and O–H groups in total. The minimum atomic E-state index is -0.218. The van der Waals surface area contributed by atoms with Gasteiger partial charge in [0, 0.05) is 37.9 Å². The van der Waals surface area contributed by atoms with E-state index in [1.165, 1.54) is 6.92 Å². The Morgan fingerprint density at radius 1 is 1.25 bits per heavy atom. The molecule has 24 heavy (non-hydrogen) atoms. The molecule has 0 saturated carbocycles. The topological polar surface area (TPSA) is 60.2 Å². The van der Waals surface area contributed by atoms with E-state index in [1.54, 1.807) is 0 Å². The first-order chi connectivity index (χ1) is 11.5. The lowest BCUT2D eigenvalue weighted by Crippen LogP contribution is -2.39. The van der Waals surface area contributed by atoms with Crippen molar-refractivity contribution in [3.05, 3.63) is 34.6 Å². The molecule has 1 aromatic carbocycles. The lowest BCUT2D eigenvalue weighted by Gasteiger charge is -2.32. The van der Waals surface area contributed by atoms with Gasteiger partial charge < -0.3 is 9.64 Å². The lowest BCUT2D eigenvalue weighted by molar-refractivity contribution is -0.147.